The molecule has 0 bridgehead atoms. The highest BCUT2D eigenvalue weighted by Crippen LogP contribution is 2.66. The molecule has 0 amide bonds. The normalized spacial score (nSPS) is 17.2. The van der Waals surface area contributed by atoms with E-state index in [1.54, 1.807) is 0 Å². The van der Waals surface area contributed by atoms with E-state index in [2.05, 4.69) is 148 Å². The third kappa shape index (κ3) is 2.86. The van der Waals surface area contributed by atoms with Crippen molar-refractivity contribution >= 4 is 17.1 Å². The zero-order chi connectivity index (χ0) is 32.2. The monoisotopic (exact) mass is 619 g/mol. The summed E-state index contributed by atoms with van der Waals surface area (Å²) in [5.74, 6) is 1.64. The van der Waals surface area contributed by atoms with E-state index in [1.807, 2.05) is 12.5 Å². The van der Waals surface area contributed by atoms with Crippen molar-refractivity contribution in [2.45, 2.75) is 43.9 Å². The fraction of sp³-hybridized carbons (Fsp3) is 0.156. The molecule has 7 aromatic rings. The molecule has 0 unspecified atom stereocenters. The van der Waals surface area contributed by atoms with Crippen LogP contribution in [0.5, 0.6) is 0 Å². The zero-order valence-corrected chi connectivity index (χ0v) is 27.4. The number of nitrogens with zero attached hydrogens (tertiary/aromatic N) is 1. The maximum Gasteiger partial charge on any atom is 0.174 e. The van der Waals surface area contributed by atoms with Gasteiger partial charge in [-0.2, -0.15) is 0 Å². The van der Waals surface area contributed by atoms with Crippen molar-refractivity contribution < 1.29 is 8.83 Å². The summed E-state index contributed by atoms with van der Waals surface area (Å²) < 4.78 is 12.4. The Balaban J connectivity index is 1.26. The highest BCUT2D eigenvalue weighted by atomic mass is 16.4. The maximum atomic E-state index is 6.21. The number of hydrogen-bond acceptors (Lipinski definition) is 3. The molecule has 3 aliphatic carbocycles. The molecule has 0 fully saturated rings. The van der Waals surface area contributed by atoms with Gasteiger partial charge in [-0.15, -0.1) is 0 Å². The molecule has 230 valence electrons. The van der Waals surface area contributed by atoms with E-state index in [9.17, 15) is 0 Å². The lowest BCUT2D eigenvalue weighted by Crippen LogP contribution is -2.36. The van der Waals surface area contributed by atoms with E-state index >= 15 is 0 Å². The molecule has 3 heteroatoms. The largest absolute Gasteiger partial charge is 0.461 e. The highest BCUT2D eigenvalue weighted by Gasteiger charge is 2.55. The molecule has 48 heavy (non-hydrogen) atoms. The predicted molar refractivity (Wildman–Crippen MR) is 192 cm³/mol. The van der Waals surface area contributed by atoms with E-state index < -0.39 is 5.41 Å². The third-order valence-electron chi connectivity index (χ3n) is 12.1. The van der Waals surface area contributed by atoms with Gasteiger partial charge < -0.3 is 13.7 Å². The zero-order valence-electron chi connectivity index (χ0n) is 27.4. The number of benzene rings is 5. The molecule has 11 rings (SSSR count). The van der Waals surface area contributed by atoms with Gasteiger partial charge in [0, 0.05) is 27.6 Å². The fourth-order valence-corrected chi connectivity index (χ4v) is 9.88. The van der Waals surface area contributed by atoms with Crippen LogP contribution in [0.2, 0.25) is 0 Å². The summed E-state index contributed by atoms with van der Waals surface area (Å²) in [5, 5.41) is 0. The highest BCUT2D eigenvalue weighted by molar-refractivity contribution is 5.97. The van der Waals surface area contributed by atoms with Gasteiger partial charge in [0.15, 0.2) is 11.5 Å². The lowest BCUT2D eigenvalue weighted by Gasteiger charge is -2.45. The Morgan fingerprint density at radius 1 is 0.417 bits per heavy atom. The summed E-state index contributed by atoms with van der Waals surface area (Å²) in [6.45, 7) is 9.46. The molecule has 4 aliphatic rings. The van der Waals surface area contributed by atoms with Crippen molar-refractivity contribution in [1.29, 1.82) is 0 Å². The predicted octanol–water partition coefficient (Wildman–Crippen LogP) is 11.6. The Labute approximate surface area is 280 Å². The minimum Gasteiger partial charge on any atom is -0.461 e. The van der Waals surface area contributed by atoms with Crippen LogP contribution in [0, 0.1) is 0 Å². The van der Waals surface area contributed by atoms with Gasteiger partial charge in [-0.3, -0.25) is 0 Å². The molecule has 0 N–H and O–H groups in total. The Morgan fingerprint density at radius 2 is 0.958 bits per heavy atom. The summed E-state index contributed by atoms with van der Waals surface area (Å²) in [6, 6.07) is 43.2. The van der Waals surface area contributed by atoms with Gasteiger partial charge in [0.1, 0.15) is 0 Å². The van der Waals surface area contributed by atoms with Crippen LogP contribution < -0.4 is 4.90 Å². The van der Waals surface area contributed by atoms with Gasteiger partial charge in [0.25, 0.3) is 0 Å². The second kappa shape index (κ2) is 8.48. The Morgan fingerprint density at radius 3 is 1.62 bits per heavy atom. The second-order valence-corrected chi connectivity index (χ2v) is 14.9. The molecule has 0 saturated heterocycles. The second-order valence-electron chi connectivity index (χ2n) is 14.9. The molecular formula is C45H33NO2. The fourth-order valence-electron chi connectivity index (χ4n) is 9.88. The Bertz CT molecular complexity index is 2500. The van der Waals surface area contributed by atoms with Gasteiger partial charge in [-0.05, 0) is 98.1 Å². The van der Waals surface area contributed by atoms with Crippen molar-refractivity contribution in [2.75, 3.05) is 4.90 Å². The SMILES string of the molecule is CC1(C)c2ccccc2-c2ccc(N3c4ccccc4C4(c5cc6c(cc53)C(C)(C)c3ccccc3-6)c3ccoc3-c3occc34)cc21. The molecular weight excluding hydrogens is 587 g/mol. The van der Waals surface area contributed by atoms with Crippen LogP contribution in [0.4, 0.5) is 17.1 Å². The number of fused-ring (bicyclic) bond motifs is 15. The van der Waals surface area contributed by atoms with E-state index in [0.29, 0.717) is 0 Å². The van der Waals surface area contributed by atoms with Gasteiger partial charge in [0.2, 0.25) is 0 Å². The summed E-state index contributed by atoms with van der Waals surface area (Å²) in [4.78, 5) is 2.52. The molecule has 5 aromatic carbocycles. The number of anilines is 3. The average Bonchev–Trinajstić information content (AvgIpc) is 3.91. The van der Waals surface area contributed by atoms with Gasteiger partial charge in [-0.1, -0.05) is 100 Å². The van der Waals surface area contributed by atoms with Crippen LogP contribution in [0.25, 0.3) is 33.8 Å². The van der Waals surface area contributed by atoms with E-state index in [0.717, 1.165) is 22.6 Å². The molecule has 3 nitrogen and oxygen atoms in total. The van der Waals surface area contributed by atoms with Crippen molar-refractivity contribution in [3.8, 4) is 33.8 Å². The van der Waals surface area contributed by atoms with Crippen LogP contribution in [-0.2, 0) is 16.2 Å². The smallest absolute Gasteiger partial charge is 0.174 e. The number of para-hydroxylation sites is 1. The van der Waals surface area contributed by atoms with Gasteiger partial charge in [-0.25, -0.2) is 0 Å². The molecule has 2 aromatic heterocycles. The van der Waals surface area contributed by atoms with E-state index in [1.165, 1.54) is 72.7 Å². The number of rotatable bonds is 1. The van der Waals surface area contributed by atoms with E-state index in [-0.39, 0.29) is 10.8 Å². The van der Waals surface area contributed by atoms with Crippen molar-refractivity contribution in [1.82, 2.24) is 0 Å². The summed E-state index contributed by atoms with van der Waals surface area (Å²) >= 11 is 0. The van der Waals surface area contributed by atoms with Crippen molar-refractivity contribution in [3.05, 3.63) is 172 Å². The third-order valence-corrected chi connectivity index (χ3v) is 12.1. The Kier molecular flexibility index (Phi) is 4.69. The first kappa shape index (κ1) is 26.5. The molecule has 1 spiro atoms. The van der Waals surface area contributed by atoms with Crippen molar-refractivity contribution in [2.24, 2.45) is 0 Å². The number of hydrogen-bond donors (Lipinski definition) is 0. The van der Waals surface area contributed by atoms with Gasteiger partial charge in [0.05, 0.1) is 29.3 Å². The number of furan rings is 2. The first-order valence-corrected chi connectivity index (χ1v) is 16.9. The van der Waals surface area contributed by atoms with Crippen LogP contribution in [0.1, 0.15) is 72.2 Å². The van der Waals surface area contributed by atoms with Gasteiger partial charge >= 0.3 is 0 Å². The van der Waals surface area contributed by atoms with Crippen LogP contribution in [0.15, 0.2) is 137 Å². The molecule has 3 heterocycles. The van der Waals surface area contributed by atoms with Crippen molar-refractivity contribution in [3.63, 3.8) is 0 Å². The minimum atomic E-state index is -0.587. The van der Waals surface area contributed by atoms with Crippen LogP contribution in [0.3, 0.4) is 0 Å². The van der Waals surface area contributed by atoms with Crippen LogP contribution >= 0.6 is 0 Å². The van der Waals surface area contributed by atoms with E-state index in [4.69, 9.17) is 8.83 Å². The molecule has 1 aliphatic heterocycles. The summed E-state index contributed by atoms with van der Waals surface area (Å²) in [7, 11) is 0. The summed E-state index contributed by atoms with van der Waals surface area (Å²) in [5.41, 5.74) is 18.2. The molecule has 0 atom stereocenters. The molecule has 0 saturated carbocycles. The first-order valence-electron chi connectivity index (χ1n) is 16.9. The molecule has 0 radical (unpaired) electrons. The quantitative estimate of drug-likeness (QED) is 0.183. The minimum absolute atomic E-state index is 0.105. The lowest BCUT2D eigenvalue weighted by atomic mass is 9.64. The van der Waals surface area contributed by atoms with Crippen LogP contribution in [-0.4, -0.2) is 0 Å². The topological polar surface area (TPSA) is 29.5 Å². The Hall–Kier alpha value is -5.54. The average molecular weight is 620 g/mol. The first-order chi connectivity index (χ1) is 23.3. The maximum absolute atomic E-state index is 6.21. The standard InChI is InChI=1S/C45H33NO2/c1-43(2)31-13-7-5-11-27(31)29-18-17-26(23-36(29)43)46-39-16-10-9-15-33(39)45(34-19-21-47-41(34)42-35(45)20-22-48-42)38-24-30-28-12-6-8-14-32(28)44(3,4)37(30)25-40(38)46/h5-25H,1-4H3. The summed E-state index contributed by atoms with van der Waals surface area (Å²) in [6.07, 6.45) is 3.64. The lowest BCUT2D eigenvalue weighted by molar-refractivity contribution is 0.525.